The second kappa shape index (κ2) is 6.39. The van der Waals surface area contributed by atoms with E-state index in [0.717, 1.165) is 25.2 Å². The molecule has 1 aromatic carbocycles. The first-order chi connectivity index (χ1) is 8.66. The number of rotatable bonds is 4. The van der Waals surface area contributed by atoms with Gasteiger partial charge in [-0.15, -0.1) is 0 Å². The molecule has 1 fully saturated rings. The summed E-state index contributed by atoms with van der Waals surface area (Å²) in [4.78, 5) is 14.7. The first kappa shape index (κ1) is 13.6. The predicted molar refractivity (Wildman–Crippen MR) is 78.3 cm³/mol. The lowest BCUT2D eigenvalue weighted by Gasteiger charge is -2.32. The predicted octanol–water partition coefficient (Wildman–Crippen LogP) is 2.94. The van der Waals surface area contributed by atoms with Gasteiger partial charge < -0.3 is 4.90 Å². The lowest BCUT2D eigenvalue weighted by Crippen LogP contribution is -2.40. The zero-order chi connectivity index (χ0) is 13.0. The molecule has 2 rings (SSSR count). The van der Waals surface area contributed by atoms with Crippen molar-refractivity contribution in [3.8, 4) is 0 Å². The van der Waals surface area contributed by atoms with E-state index < -0.39 is 0 Å². The van der Waals surface area contributed by atoms with E-state index in [2.05, 4.69) is 11.8 Å². The number of ketones is 1. The lowest BCUT2D eigenvalue weighted by atomic mass is 9.99. The van der Waals surface area contributed by atoms with E-state index in [1.165, 1.54) is 5.75 Å². The number of hydrogen-bond donors (Lipinski definition) is 0. The molecule has 2 atom stereocenters. The Hall–Kier alpha value is -0.800. The van der Waals surface area contributed by atoms with Crippen LogP contribution in [0.2, 0.25) is 0 Å². The van der Waals surface area contributed by atoms with Crippen molar-refractivity contribution in [3.63, 3.8) is 0 Å². The van der Waals surface area contributed by atoms with Crippen LogP contribution in [0.15, 0.2) is 30.3 Å². The molecule has 0 N–H and O–H groups in total. The minimum absolute atomic E-state index is 0.0858. The molecule has 0 amide bonds. The van der Waals surface area contributed by atoms with Crippen molar-refractivity contribution in [2.24, 2.45) is 5.92 Å². The quantitative estimate of drug-likeness (QED) is 0.779. The average molecular weight is 263 g/mol. The molecule has 0 bridgehead atoms. The van der Waals surface area contributed by atoms with Gasteiger partial charge >= 0.3 is 0 Å². The third-order valence-corrected chi connectivity index (χ3v) is 4.50. The molecule has 1 aliphatic heterocycles. The van der Waals surface area contributed by atoms with Gasteiger partial charge in [-0.2, -0.15) is 11.8 Å². The highest BCUT2D eigenvalue weighted by atomic mass is 32.2. The molecule has 18 heavy (non-hydrogen) atoms. The molecular formula is C15H21NOS. The average Bonchev–Trinajstić information content (AvgIpc) is 2.39. The standard InChI is InChI=1S/C15H21NOS/c1-12(10-16-8-9-18-13(2)11-16)15(17)14-6-4-3-5-7-14/h3-7,12-13H,8-11H2,1-2H3. The van der Waals surface area contributed by atoms with Crippen molar-refractivity contribution in [3.05, 3.63) is 35.9 Å². The largest absolute Gasteiger partial charge is 0.301 e. The summed E-state index contributed by atoms with van der Waals surface area (Å²) in [6, 6.07) is 9.63. The van der Waals surface area contributed by atoms with Crippen LogP contribution in [0.5, 0.6) is 0 Å². The molecule has 2 unspecified atom stereocenters. The van der Waals surface area contributed by atoms with Crippen LogP contribution in [0.25, 0.3) is 0 Å². The molecule has 0 aliphatic carbocycles. The minimum atomic E-state index is 0.0858. The zero-order valence-electron chi connectivity index (χ0n) is 11.1. The second-order valence-corrected chi connectivity index (χ2v) is 6.62. The van der Waals surface area contributed by atoms with Crippen molar-refractivity contribution in [1.82, 2.24) is 4.90 Å². The van der Waals surface area contributed by atoms with Crippen molar-refractivity contribution in [1.29, 1.82) is 0 Å². The number of carbonyl (C=O) groups is 1. The Bertz CT molecular complexity index is 393. The smallest absolute Gasteiger partial charge is 0.166 e. The van der Waals surface area contributed by atoms with E-state index in [0.29, 0.717) is 5.25 Å². The molecule has 0 spiro atoms. The monoisotopic (exact) mass is 263 g/mol. The number of hydrogen-bond acceptors (Lipinski definition) is 3. The van der Waals surface area contributed by atoms with Crippen LogP contribution in [-0.4, -0.2) is 41.3 Å². The van der Waals surface area contributed by atoms with Gasteiger partial charge in [0.1, 0.15) is 0 Å². The van der Waals surface area contributed by atoms with Gasteiger partial charge in [-0.25, -0.2) is 0 Å². The Morgan fingerprint density at radius 1 is 1.44 bits per heavy atom. The van der Waals surface area contributed by atoms with Crippen LogP contribution >= 0.6 is 11.8 Å². The van der Waals surface area contributed by atoms with E-state index in [1.54, 1.807) is 0 Å². The molecule has 1 saturated heterocycles. The maximum Gasteiger partial charge on any atom is 0.166 e. The summed E-state index contributed by atoms with van der Waals surface area (Å²) in [5.41, 5.74) is 0.837. The van der Waals surface area contributed by atoms with E-state index in [9.17, 15) is 4.79 Å². The van der Waals surface area contributed by atoms with Gasteiger partial charge in [0.25, 0.3) is 0 Å². The van der Waals surface area contributed by atoms with Gasteiger partial charge in [-0.05, 0) is 0 Å². The summed E-state index contributed by atoms with van der Waals surface area (Å²) in [5, 5.41) is 0.692. The van der Waals surface area contributed by atoms with Crippen LogP contribution in [0.1, 0.15) is 24.2 Å². The van der Waals surface area contributed by atoms with E-state index in [4.69, 9.17) is 0 Å². The van der Waals surface area contributed by atoms with Gasteiger partial charge in [-0.3, -0.25) is 4.79 Å². The van der Waals surface area contributed by atoms with Crippen molar-refractivity contribution in [2.75, 3.05) is 25.4 Å². The van der Waals surface area contributed by atoms with Gasteiger partial charge in [0, 0.05) is 42.1 Å². The highest BCUT2D eigenvalue weighted by Crippen LogP contribution is 2.19. The van der Waals surface area contributed by atoms with Gasteiger partial charge in [0.2, 0.25) is 0 Å². The molecule has 1 heterocycles. The van der Waals surface area contributed by atoms with Gasteiger partial charge in [0.15, 0.2) is 5.78 Å². The third kappa shape index (κ3) is 3.59. The van der Waals surface area contributed by atoms with E-state index >= 15 is 0 Å². The topological polar surface area (TPSA) is 20.3 Å². The maximum absolute atomic E-state index is 12.3. The fourth-order valence-electron chi connectivity index (χ4n) is 2.41. The second-order valence-electron chi connectivity index (χ2n) is 5.07. The first-order valence-corrected chi connectivity index (χ1v) is 7.65. The Kier molecular flexibility index (Phi) is 4.84. The van der Waals surface area contributed by atoms with E-state index in [-0.39, 0.29) is 11.7 Å². The maximum atomic E-state index is 12.3. The lowest BCUT2D eigenvalue weighted by molar-refractivity contribution is 0.0895. The van der Waals surface area contributed by atoms with Crippen molar-refractivity contribution in [2.45, 2.75) is 19.1 Å². The molecule has 0 saturated carbocycles. The molecule has 0 aromatic heterocycles. The third-order valence-electron chi connectivity index (χ3n) is 3.36. The number of benzene rings is 1. The summed E-state index contributed by atoms with van der Waals surface area (Å²) in [6.45, 7) is 7.42. The Morgan fingerprint density at radius 2 is 2.17 bits per heavy atom. The Morgan fingerprint density at radius 3 is 2.83 bits per heavy atom. The number of carbonyl (C=O) groups excluding carboxylic acids is 1. The van der Waals surface area contributed by atoms with Crippen LogP contribution in [0, 0.1) is 5.92 Å². The normalized spacial score (nSPS) is 22.7. The number of thioether (sulfide) groups is 1. The molecule has 0 radical (unpaired) electrons. The SMILES string of the molecule is CC1CN(CC(C)C(=O)c2ccccc2)CCS1. The fourth-order valence-corrected chi connectivity index (χ4v) is 3.50. The number of nitrogens with zero attached hydrogens (tertiary/aromatic N) is 1. The molecule has 3 heteroatoms. The molecule has 1 aliphatic rings. The molecule has 1 aromatic rings. The zero-order valence-corrected chi connectivity index (χ0v) is 12.0. The summed E-state index contributed by atoms with van der Waals surface area (Å²) in [5.74, 6) is 1.54. The summed E-state index contributed by atoms with van der Waals surface area (Å²) in [6.07, 6.45) is 0. The number of Topliss-reactive ketones (excluding diaryl/α,β-unsaturated/α-hetero) is 1. The van der Waals surface area contributed by atoms with Crippen LogP contribution in [-0.2, 0) is 0 Å². The molecule has 2 nitrogen and oxygen atoms in total. The van der Waals surface area contributed by atoms with Gasteiger partial charge in [0.05, 0.1) is 0 Å². The summed E-state index contributed by atoms with van der Waals surface area (Å²) >= 11 is 2.03. The van der Waals surface area contributed by atoms with Crippen molar-refractivity contribution >= 4 is 17.5 Å². The van der Waals surface area contributed by atoms with Crippen LogP contribution < -0.4 is 0 Å². The van der Waals surface area contributed by atoms with Crippen molar-refractivity contribution < 1.29 is 4.79 Å². The minimum Gasteiger partial charge on any atom is -0.301 e. The fraction of sp³-hybridized carbons (Fsp3) is 0.533. The highest BCUT2D eigenvalue weighted by Gasteiger charge is 2.22. The van der Waals surface area contributed by atoms with E-state index in [1.807, 2.05) is 49.0 Å². The van der Waals surface area contributed by atoms with Crippen LogP contribution in [0.3, 0.4) is 0 Å². The van der Waals surface area contributed by atoms with Crippen LogP contribution in [0.4, 0.5) is 0 Å². The Balaban J connectivity index is 1.91. The van der Waals surface area contributed by atoms with Gasteiger partial charge in [-0.1, -0.05) is 44.2 Å². The first-order valence-electron chi connectivity index (χ1n) is 6.60. The molecule has 98 valence electrons. The molecular weight excluding hydrogens is 242 g/mol. The Labute approximate surface area is 114 Å². The summed E-state index contributed by atoms with van der Waals surface area (Å²) in [7, 11) is 0. The summed E-state index contributed by atoms with van der Waals surface area (Å²) < 4.78 is 0. The highest BCUT2D eigenvalue weighted by molar-refractivity contribution is 7.99.